The lowest BCUT2D eigenvalue weighted by Crippen LogP contribution is -2.42. The van der Waals surface area contributed by atoms with E-state index in [1.807, 2.05) is 31.2 Å². The van der Waals surface area contributed by atoms with Crippen LogP contribution in [0.3, 0.4) is 0 Å². The second-order valence-corrected chi connectivity index (χ2v) is 9.04. The van der Waals surface area contributed by atoms with E-state index >= 15 is 0 Å². The molecule has 3 amide bonds. The van der Waals surface area contributed by atoms with Crippen molar-refractivity contribution in [1.82, 2.24) is 15.8 Å². The van der Waals surface area contributed by atoms with Gasteiger partial charge in [-0.1, -0.05) is 48.2 Å². The zero-order valence-electron chi connectivity index (χ0n) is 17.8. The van der Waals surface area contributed by atoms with Gasteiger partial charge in [0.05, 0.1) is 4.91 Å². The van der Waals surface area contributed by atoms with Crippen LogP contribution < -0.4 is 20.3 Å². The normalized spacial score (nSPS) is 15.8. The van der Waals surface area contributed by atoms with Gasteiger partial charge >= 0.3 is 0 Å². The van der Waals surface area contributed by atoms with Gasteiger partial charge in [0.25, 0.3) is 11.8 Å². The monoisotopic (exact) mass is 483 g/mol. The van der Waals surface area contributed by atoms with Crippen molar-refractivity contribution < 1.29 is 23.9 Å². The van der Waals surface area contributed by atoms with Gasteiger partial charge in [-0.05, 0) is 48.7 Å². The van der Waals surface area contributed by atoms with Gasteiger partial charge in [0.2, 0.25) is 12.7 Å². The van der Waals surface area contributed by atoms with Gasteiger partial charge in [-0.2, -0.15) is 0 Å². The first-order chi connectivity index (χ1) is 15.9. The highest BCUT2D eigenvalue weighted by Crippen LogP contribution is 2.36. The third kappa shape index (κ3) is 5.35. The molecular weight excluding hydrogens is 462 g/mol. The lowest BCUT2D eigenvalue weighted by molar-refractivity contribution is -0.124. The van der Waals surface area contributed by atoms with Crippen molar-refractivity contribution in [3.05, 3.63) is 64.1 Å². The Bertz CT molecular complexity index is 1160. The third-order valence-corrected chi connectivity index (χ3v) is 6.44. The largest absolute Gasteiger partial charge is 0.454 e. The van der Waals surface area contributed by atoms with Crippen molar-refractivity contribution in [3.8, 4) is 11.5 Å². The predicted molar refractivity (Wildman–Crippen MR) is 128 cm³/mol. The molecule has 170 valence electrons. The summed E-state index contributed by atoms with van der Waals surface area (Å²) < 4.78 is 11.1. The molecule has 1 saturated heterocycles. The van der Waals surface area contributed by atoms with Crippen molar-refractivity contribution >= 4 is 52.1 Å². The van der Waals surface area contributed by atoms with E-state index < -0.39 is 0 Å². The average molecular weight is 484 g/mol. The minimum absolute atomic E-state index is 0.131. The Hall–Kier alpha value is -3.37. The highest BCUT2D eigenvalue weighted by atomic mass is 32.2. The fourth-order valence-electron chi connectivity index (χ4n) is 3.33. The number of carbonyl (C=O) groups excluding carboxylic acids is 3. The van der Waals surface area contributed by atoms with Crippen LogP contribution in [0, 0.1) is 6.92 Å². The number of hydrogen-bond acceptors (Lipinski definition) is 7. The number of aryl methyl sites for hydroxylation is 1. The Kier molecular flexibility index (Phi) is 6.95. The van der Waals surface area contributed by atoms with E-state index in [9.17, 15) is 14.4 Å². The number of thiocarbonyl (C=S) groups is 1. The van der Waals surface area contributed by atoms with E-state index in [0.29, 0.717) is 39.3 Å². The van der Waals surface area contributed by atoms with Gasteiger partial charge in [0.15, 0.2) is 11.5 Å². The van der Waals surface area contributed by atoms with Crippen molar-refractivity contribution in [3.63, 3.8) is 0 Å². The van der Waals surface area contributed by atoms with Crippen molar-refractivity contribution in [2.45, 2.75) is 19.8 Å². The molecule has 0 aromatic heterocycles. The number of nitrogens with one attached hydrogen (secondary N) is 2. The number of ether oxygens (including phenoxy) is 2. The molecule has 0 spiro atoms. The predicted octanol–water partition coefficient (Wildman–Crippen LogP) is 3.17. The first-order valence-corrected chi connectivity index (χ1v) is 11.4. The molecule has 2 aliphatic rings. The summed E-state index contributed by atoms with van der Waals surface area (Å²) >= 11 is 6.57. The molecule has 33 heavy (non-hydrogen) atoms. The molecule has 0 aliphatic carbocycles. The van der Waals surface area contributed by atoms with Crippen molar-refractivity contribution in [1.29, 1.82) is 0 Å². The molecule has 2 heterocycles. The van der Waals surface area contributed by atoms with Gasteiger partial charge in [-0.3, -0.25) is 30.1 Å². The molecule has 10 heteroatoms. The first kappa shape index (κ1) is 22.8. The molecule has 1 fully saturated rings. The maximum absolute atomic E-state index is 12.8. The van der Waals surface area contributed by atoms with Crippen LogP contribution in [-0.4, -0.2) is 40.3 Å². The van der Waals surface area contributed by atoms with E-state index in [-0.39, 0.29) is 30.9 Å². The van der Waals surface area contributed by atoms with Crippen molar-refractivity contribution in [2.75, 3.05) is 13.3 Å². The molecule has 2 N–H and O–H groups in total. The molecule has 4 rings (SSSR count). The molecular formula is C23H21N3O5S2. The molecule has 0 unspecified atom stereocenters. The van der Waals surface area contributed by atoms with E-state index in [2.05, 4.69) is 10.9 Å². The first-order valence-electron chi connectivity index (χ1n) is 10.2. The van der Waals surface area contributed by atoms with E-state index in [4.69, 9.17) is 21.7 Å². The summed E-state index contributed by atoms with van der Waals surface area (Å²) in [6.45, 7) is 2.31. The number of benzene rings is 2. The summed E-state index contributed by atoms with van der Waals surface area (Å²) in [5.74, 6) is 0.383. The Balaban J connectivity index is 1.26. The van der Waals surface area contributed by atoms with Crippen LogP contribution in [0.2, 0.25) is 0 Å². The van der Waals surface area contributed by atoms with E-state index in [1.165, 1.54) is 16.7 Å². The number of carbonyl (C=O) groups is 3. The molecule has 0 saturated carbocycles. The lowest BCUT2D eigenvalue weighted by atomic mass is 10.1. The highest BCUT2D eigenvalue weighted by Gasteiger charge is 2.31. The number of rotatable bonds is 6. The minimum atomic E-state index is -0.382. The summed E-state index contributed by atoms with van der Waals surface area (Å²) in [4.78, 5) is 39.0. The Morgan fingerprint density at radius 3 is 2.76 bits per heavy atom. The SMILES string of the molecule is Cc1ccccc1C(=O)NNC(=O)CCCN1C(=O)C(=Cc2ccc3c(c2)OCO3)SC1=S. The van der Waals surface area contributed by atoms with E-state index in [0.717, 1.165) is 11.1 Å². The van der Waals surface area contributed by atoms with Crippen LogP contribution in [0.1, 0.15) is 34.3 Å². The number of hydrazine groups is 1. The quantitative estimate of drug-likeness (QED) is 0.370. The van der Waals surface area contributed by atoms with Crippen LogP contribution in [0.15, 0.2) is 47.4 Å². The fourth-order valence-corrected chi connectivity index (χ4v) is 4.64. The van der Waals surface area contributed by atoms with Crippen LogP contribution in [0.5, 0.6) is 11.5 Å². The van der Waals surface area contributed by atoms with Gasteiger partial charge in [0.1, 0.15) is 4.32 Å². The van der Waals surface area contributed by atoms with Crippen LogP contribution in [-0.2, 0) is 9.59 Å². The molecule has 2 aromatic rings. The number of thioether (sulfide) groups is 1. The fraction of sp³-hybridized carbons (Fsp3) is 0.217. The molecule has 0 bridgehead atoms. The van der Waals surface area contributed by atoms with Crippen LogP contribution in [0.4, 0.5) is 0 Å². The van der Waals surface area contributed by atoms with Crippen LogP contribution >= 0.6 is 24.0 Å². The molecule has 2 aliphatic heterocycles. The number of hydrogen-bond donors (Lipinski definition) is 2. The maximum atomic E-state index is 12.8. The van der Waals surface area contributed by atoms with Gasteiger partial charge < -0.3 is 9.47 Å². The van der Waals surface area contributed by atoms with Gasteiger partial charge in [0, 0.05) is 18.5 Å². The topological polar surface area (TPSA) is 97.0 Å². The third-order valence-electron chi connectivity index (χ3n) is 5.06. The molecule has 0 radical (unpaired) electrons. The van der Waals surface area contributed by atoms with E-state index in [1.54, 1.807) is 24.3 Å². The maximum Gasteiger partial charge on any atom is 0.269 e. The zero-order chi connectivity index (χ0) is 23.4. The molecule has 0 atom stereocenters. The van der Waals surface area contributed by atoms with Crippen LogP contribution in [0.25, 0.3) is 6.08 Å². The molecule has 2 aromatic carbocycles. The Morgan fingerprint density at radius 1 is 1.15 bits per heavy atom. The lowest BCUT2D eigenvalue weighted by Gasteiger charge is -2.14. The number of nitrogens with zero attached hydrogens (tertiary/aromatic N) is 1. The van der Waals surface area contributed by atoms with Gasteiger partial charge in [-0.15, -0.1) is 0 Å². The second-order valence-electron chi connectivity index (χ2n) is 7.37. The highest BCUT2D eigenvalue weighted by molar-refractivity contribution is 8.26. The standard InChI is InChI=1S/C23H21N3O5S2/c1-14-5-2-3-6-16(14)21(28)25-24-20(27)7-4-10-26-22(29)19(33-23(26)32)12-15-8-9-17-18(11-15)31-13-30-17/h2-3,5-6,8-9,11-12H,4,7,10,13H2,1H3,(H,24,27)(H,25,28). The Morgan fingerprint density at radius 2 is 1.94 bits per heavy atom. The smallest absolute Gasteiger partial charge is 0.269 e. The summed E-state index contributed by atoms with van der Waals surface area (Å²) in [5.41, 5.74) is 6.93. The summed E-state index contributed by atoms with van der Waals surface area (Å²) in [6.07, 6.45) is 2.29. The summed E-state index contributed by atoms with van der Waals surface area (Å²) in [7, 11) is 0. The molecule has 8 nitrogen and oxygen atoms in total. The van der Waals surface area contributed by atoms with Crippen molar-refractivity contribution in [2.24, 2.45) is 0 Å². The van der Waals surface area contributed by atoms with Gasteiger partial charge in [-0.25, -0.2) is 0 Å². The summed E-state index contributed by atoms with van der Waals surface area (Å²) in [6, 6.07) is 12.5. The zero-order valence-corrected chi connectivity index (χ0v) is 19.4. The Labute approximate surface area is 200 Å². The minimum Gasteiger partial charge on any atom is -0.454 e. The average Bonchev–Trinajstić information content (AvgIpc) is 3.37. The number of fused-ring (bicyclic) bond motifs is 1. The number of amides is 3. The summed E-state index contributed by atoms with van der Waals surface area (Å²) in [5, 5.41) is 0. The second kappa shape index (κ2) is 10.1.